The van der Waals surface area contributed by atoms with Crippen LogP contribution in [0.1, 0.15) is 86.5 Å². The predicted octanol–water partition coefficient (Wildman–Crippen LogP) is 3.78. The molecule has 2 aromatic rings. The van der Waals surface area contributed by atoms with E-state index in [-0.39, 0.29) is 12.1 Å². The number of hydrogen-bond donors (Lipinski definition) is 5. The number of nitrogens with one attached hydrogen (secondary N) is 3. The Labute approximate surface area is 208 Å². The molecule has 0 amide bonds. The Kier molecular flexibility index (Phi) is 6.43. The summed E-state index contributed by atoms with van der Waals surface area (Å²) in [6.45, 7) is 4.14. The van der Waals surface area contributed by atoms with Gasteiger partial charge in [-0.05, 0) is 92.0 Å². The van der Waals surface area contributed by atoms with E-state index < -0.39 is 0 Å². The molecule has 6 rings (SSSR count). The summed E-state index contributed by atoms with van der Waals surface area (Å²) >= 11 is 0. The van der Waals surface area contributed by atoms with Gasteiger partial charge in [0.05, 0.1) is 24.0 Å². The Bertz CT molecular complexity index is 1070. The summed E-state index contributed by atoms with van der Waals surface area (Å²) in [4.78, 5) is 11.0. The fourth-order valence-electron chi connectivity index (χ4n) is 7.04. The Morgan fingerprint density at radius 1 is 1.09 bits per heavy atom. The van der Waals surface area contributed by atoms with Crippen LogP contribution < -0.4 is 10.9 Å². The lowest BCUT2D eigenvalue weighted by molar-refractivity contribution is 0.0860. The number of aromatic nitrogens is 2. The summed E-state index contributed by atoms with van der Waals surface area (Å²) < 4.78 is 0. The largest absolute Gasteiger partial charge is 0.508 e. The van der Waals surface area contributed by atoms with Gasteiger partial charge in [0.15, 0.2) is 0 Å². The van der Waals surface area contributed by atoms with E-state index in [2.05, 4.69) is 39.8 Å². The first-order valence-corrected chi connectivity index (χ1v) is 13.6. The predicted molar refractivity (Wildman–Crippen MR) is 137 cm³/mol. The summed E-state index contributed by atoms with van der Waals surface area (Å²) in [6, 6.07) is 7.13. The minimum Gasteiger partial charge on any atom is -0.508 e. The molecule has 1 saturated heterocycles. The second-order valence-electron chi connectivity index (χ2n) is 11.1. The normalized spacial score (nSPS) is 33.6. The number of aliphatic hydroxyl groups is 1. The number of aliphatic hydroxyl groups excluding tert-OH is 1. The van der Waals surface area contributed by atoms with Crippen molar-refractivity contribution in [2.45, 2.75) is 88.4 Å². The van der Waals surface area contributed by atoms with Crippen molar-refractivity contribution in [3.05, 3.63) is 53.1 Å². The van der Waals surface area contributed by atoms with E-state index >= 15 is 0 Å². The third-order valence-electron chi connectivity index (χ3n) is 9.07. The fourth-order valence-corrected chi connectivity index (χ4v) is 7.04. The zero-order valence-corrected chi connectivity index (χ0v) is 20.7. The van der Waals surface area contributed by atoms with Crippen LogP contribution in [0.3, 0.4) is 0 Å². The maximum atomic E-state index is 9.90. The van der Waals surface area contributed by atoms with Crippen molar-refractivity contribution < 1.29 is 10.2 Å². The molecule has 4 aliphatic rings. The SMILES string of the molecule is CCc1cc(O)ccc1C1CCC2C(C1)NNC2c1ncc(C2=CCN(C3CCC(O)CC3)C2)[nH]1. The molecule has 0 bridgehead atoms. The molecule has 0 spiro atoms. The van der Waals surface area contributed by atoms with Gasteiger partial charge in [-0.3, -0.25) is 10.3 Å². The molecule has 3 fully saturated rings. The number of aryl methyl sites for hydroxylation is 1. The molecule has 5 N–H and O–H groups in total. The Balaban J connectivity index is 1.09. The summed E-state index contributed by atoms with van der Waals surface area (Å²) in [6.07, 6.45) is 12.7. The number of H-pyrrole nitrogens is 1. The van der Waals surface area contributed by atoms with Gasteiger partial charge < -0.3 is 15.2 Å². The van der Waals surface area contributed by atoms with Crippen LogP contribution in [0.5, 0.6) is 5.75 Å². The van der Waals surface area contributed by atoms with Crippen molar-refractivity contribution >= 4 is 5.57 Å². The minimum absolute atomic E-state index is 0.0994. The highest BCUT2D eigenvalue weighted by Crippen LogP contribution is 2.44. The zero-order chi connectivity index (χ0) is 23.9. The van der Waals surface area contributed by atoms with Crippen LogP contribution in [0.4, 0.5) is 0 Å². The molecule has 4 unspecified atom stereocenters. The van der Waals surface area contributed by atoms with E-state index in [1.807, 2.05) is 18.3 Å². The number of imidazole rings is 1. The van der Waals surface area contributed by atoms with Crippen molar-refractivity contribution in [3.8, 4) is 5.75 Å². The van der Waals surface area contributed by atoms with Crippen LogP contribution >= 0.6 is 0 Å². The third kappa shape index (κ3) is 4.55. The monoisotopic (exact) mass is 477 g/mol. The number of rotatable bonds is 5. The topological polar surface area (TPSA) is 96.4 Å². The van der Waals surface area contributed by atoms with Gasteiger partial charge in [0.1, 0.15) is 11.6 Å². The van der Waals surface area contributed by atoms with Gasteiger partial charge in [-0.15, -0.1) is 0 Å². The van der Waals surface area contributed by atoms with Gasteiger partial charge in [0, 0.05) is 25.2 Å². The number of hydrazine groups is 1. The van der Waals surface area contributed by atoms with E-state index in [9.17, 15) is 10.2 Å². The first-order chi connectivity index (χ1) is 17.1. The van der Waals surface area contributed by atoms with E-state index in [4.69, 9.17) is 4.98 Å². The molecule has 7 nitrogen and oxygen atoms in total. The summed E-state index contributed by atoms with van der Waals surface area (Å²) in [5.41, 5.74) is 12.3. The molecule has 3 heterocycles. The molecule has 0 radical (unpaired) electrons. The maximum Gasteiger partial charge on any atom is 0.125 e. The quantitative estimate of drug-likeness (QED) is 0.450. The van der Waals surface area contributed by atoms with E-state index in [1.54, 1.807) is 0 Å². The standard InChI is InChI=1S/C28H39N5O2/c1-2-17-13-22(35)8-10-23(17)18-3-9-24-25(14-18)31-32-27(24)28-29-15-26(30-28)19-11-12-33(16-19)20-4-6-21(34)7-5-20/h8,10-11,13,15,18,20-21,24-25,27,31-32,34-35H,2-7,9,12,14,16H2,1H3,(H,29,30). The van der Waals surface area contributed by atoms with Gasteiger partial charge in [0.25, 0.3) is 0 Å². The summed E-state index contributed by atoms with van der Waals surface area (Å²) in [7, 11) is 0. The highest BCUT2D eigenvalue weighted by Gasteiger charge is 2.42. The Morgan fingerprint density at radius 3 is 2.77 bits per heavy atom. The van der Waals surface area contributed by atoms with Crippen LogP contribution in [-0.4, -0.2) is 56.4 Å². The maximum absolute atomic E-state index is 9.90. The number of hydrogen-bond acceptors (Lipinski definition) is 6. The smallest absolute Gasteiger partial charge is 0.125 e. The van der Waals surface area contributed by atoms with Crippen molar-refractivity contribution in [1.29, 1.82) is 0 Å². The number of nitrogens with zero attached hydrogens (tertiary/aromatic N) is 2. The number of aromatic amines is 1. The van der Waals surface area contributed by atoms with Crippen LogP contribution in [0, 0.1) is 5.92 Å². The molecule has 188 valence electrons. The van der Waals surface area contributed by atoms with E-state index in [0.717, 1.165) is 69.6 Å². The van der Waals surface area contributed by atoms with Gasteiger partial charge in [-0.1, -0.05) is 19.1 Å². The summed E-state index contributed by atoms with van der Waals surface area (Å²) in [5.74, 6) is 2.46. The molecule has 1 aromatic carbocycles. The highest BCUT2D eigenvalue weighted by atomic mass is 16.3. The van der Waals surface area contributed by atoms with Crippen LogP contribution in [0.15, 0.2) is 30.5 Å². The van der Waals surface area contributed by atoms with Gasteiger partial charge >= 0.3 is 0 Å². The summed E-state index contributed by atoms with van der Waals surface area (Å²) in [5, 5.41) is 19.7. The van der Waals surface area contributed by atoms with E-state index in [0.29, 0.717) is 29.7 Å². The molecular formula is C28H39N5O2. The average Bonchev–Trinajstić information content (AvgIpc) is 3.63. The molecule has 35 heavy (non-hydrogen) atoms. The first-order valence-electron chi connectivity index (χ1n) is 13.6. The number of fused-ring (bicyclic) bond motifs is 1. The average molecular weight is 478 g/mol. The van der Waals surface area contributed by atoms with Crippen molar-refractivity contribution in [3.63, 3.8) is 0 Å². The third-order valence-corrected chi connectivity index (χ3v) is 9.07. The zero-order valence-electron chi connectivity index (χ0n) is 20.7. The molecule has 7 heteroatoms. The minimum atomic E-state index is -0.0994. The van der Waals surface area contributed by atoms with Crippen LogP contribution in [-0.2, 0) is 6.42 Å². The molecule has 2 saturated carbocycles. The van der Waals surface area contributed by atoms with Crippen molar-refractivity contribution in [1.82, 2.24) is 25.7 Å². The number of aromatic hydroxyl groups is 1. The second kappa shape index (κ2) is 9.69. The lowest BCUT2D eigenvalue weighted by Crippen LogP contribution is -2.37. The number of phenolic OH excluding ortho intramolecular Hbond substituents is 1. The number of benzene rings is 1. The molecule has 1 aromatic heterocycles. The molecule has 2 aliphatic carbocycles. The van der Waals surface area contributed by atoms with E-state index in [1.165, 1.54) is 23.1 Å². The highest BCUT2D eigenvalue weighted by molar-refractivity contribution is 5.66. The molecule has 2 aliphatic heterocycles. The van der Waals surface area contributed by atoms with Crippen molar-refractivity contribution in [2.75, 3.05) is 13.1 Å². The van der Waals surface area contributed by atoms with Gasteiger partial charge in [0.2, 0.25) is 0 Å². The van der Waals surface area contributed by atoms with Crippen LogP contribution in [0.2, 0.25) is 0 Å². The Morgan fingerprint density at radius 2 is 1.94 bits per heavy atom. The first kappa shape index (κ1) is 23.2. The molecular weight excluding hydrogens is 438 g/mol. The second-order valence-corrected chi connectivity index (χ2v) is 11.1. The number of phenols is 1. The lowest BCUT2D eigenvalue weighted by atomic mass is 9.73. The van der Waals surface area contributed by atoms with Gasteiger partial charge in [-0.2, -0.15) is 0 Å². The lowest BCUT2D eigenvalue weighted by Gasteiger charge is -2.33. The molecule has 4 atom stereocenters. The van der Waals surface area contributed by atoms with Gasteiger partial charge in [-0.25, -0.2) is 10.4 Å². The fraction of sp³-hybridized carbons (Fsp3) is 0.607. The Hall–Kier alpha value is -2.19. The van der Waals surface area contributed by atoms with Crippen LogP contribution in [0.25, 0.3) is 5.57 Å². The van der Waals surface area contributed by atoms with Crippen molar-refractivity contribution in [2.24, 2.45) is 5.92 Å².